The van der Waals surface area contributed by atoms with Crippen LogP contribution in [-0.4, -0.2) is 26.1 Å². The molecular weight excluding hydrogens is 298 g/mol. The lowest BCUT2D eigenvalue weighted by Crippen LogP contribution is -2.23. The van der Waals surface area contributed by atoms with Crippen LogP contribution in [0.15, 0.2) is 41.4 Å². The van der Waals surface area contributed by atoms with E-state index in [1.165, 1.54) is 3.97 Å². The van der Waals surface area contributed by atoms with Crippen molar-refractivity contribution in [1.29, 1.82) is 0 Å². The van der Waals surface area contributed by atoms with E-state index < -0.39 is 10.0 Å². The monoisotopic (exact) mass is 319 g/mol. The molecule has 0 aliphatic heterocycles. The van der Waals surface area contributed by atoms with Crippen LogP contribution in [0, 0.1) is 12.8 Å². The quantitative estimate of drug-likeness (QED) is 0.870. The van der Waals surface area contributed by atoms with Crippen LogP contribution >= 0.6 is 0 Å². The summed E-state index contributed by atoms with van der Waals surface area (Å²) in [7, 11) is -1.82. The van der Waals surface area contributed by atoms with Gasteiger partial charge in [-0.3, -0.25) is 0 Å². The van der Waals surface area contributed by atoms with Crippen LogP contribution in [-0.2, 0) is 27.6 Å². The van der Waals surface area contributed by atoms with E-state index in [9.17, 15) is 8.42 Å². The van der Waals surface area contributed by atoms with Gasteiger partial charge in [0.15, 0.2) is 0 Å². The molecule has 0 radical (unpaired) electrons. The van der Waals surface area contributed by atoms with Crippen LogP contribution in [0.1, 0.15) is 23.2 Å². The first-order valence-electron chi connectivity index (χ1n) is 7.52. The standard InChI is InChI=1S/C17H21NO3S/c1-13-3-7-16(8-4-13)22(19,20)18-10-9-15-6-5-14(12-21-2)11-17(15)18/h3-4,7-10,14H,5-6,11-12H2,1-2H3. The average Bonchev–Trinajstić information content (AvgIpc) is 2.92. The molecule has 0 amide bonds. The molecule has 4 nitrogen and oxygen atoms in total. The van der Waals surface area contributed by atoms with Gasteiger partial charge in [-0.25, -0.2) is 12.4 Å². The van der Waals surface area contributed by atoms with E-state index in [0.717, 1.165) is 36.1 Å². The van der Waals surface area contributed by atoms with Gasteiger partial charge in [-0.2, -0.15) is 0 Å². The minimum absolute atomic E-state index is 0.338. The minimum Gasteiger partial charge on any atom is -0.384 e. The maximum Gasteiger partial charge on any atom is 0.267 e. The summed E-state index contributed by atoms with van der Waals surface area (Å²) in [5.41, 5.74) is 3.10. The second kappa shape index (κ2) is 5.89. The highest BCUT2D eigenvalue weighted by Gasteiger charge is 2.27. The molecule has 1 aliphatic carbocycles. The molecule has 0 fully saturated rings. The first-order chi connectivity index (χ1) is 10.5. The molecule has 2 aromatic rings. The molecule has 1 aliphatic rings. The Morgan fingerprint density at radius 3 is 2.64 bits per heavy atom. The van der Waals surface area contributed by atoms with Crippen molar-refractivity contribution in [3.05, 3.63) is 53.3 Å². The number of hydrogen-bond donors (Lipinski definition) is 0. The highest BCUT2D eigenvalue weighted by Crippen LogP contribution is 2.29. The molecule has 1 unspecified atom stereocenters. The molecule has 1 aromatic heterocycles. The van der Waals surface area contributed by atoms with Gasteiger partial charge >= 0.3 is 0 Å². The lowest BCUT2D eigenvalue weighted by atomic mass is 9.89. The Morgan fingerprint density at radius 1 is 1.23 bits per heavy atom. The second-order valence-corrected chi connectivity index (χ2v) is 7.78. The number of aryl methyl sites for hydroxylation is 2. The average molecular weight is 319 g/mol. The third-order valence-electron chi connectivity index (χ3n) is 4.33. The first kappa shape index (κ1) is 15.3. The van der Waals surface area contributed by atoms with Crippen LogP contribution < -0.4 is 0 Å². The van der Waals surface area contributed by atoms with Gasteiger partial charge in [0.1, 0.15) is 0 Å². The first-order valence-corrected chi connectivity index (χ1v) is 8.96. The zero-order chi connectivity index (χ0) is 15.7. The molecule has 0 saturated heterocycles. The van der Waals surface area contributed by atoms with Crippen molar-refractivity contribution in [2.45, 2.75) is 31.1 Å². The highest BCUT2D eigenvalue weighted by atomic mass is 32.2. The fourth-order valence-electron chi connectivity index (χ4n) is 3.10. The van der Waals surface area contributed by atoms with E-state index in [-0.39, 0.29) is 0 Å². The molecule has 0 saturated carbocycles. The van der Waals surface area contributed by atoms with Gasteiger partial charge in [-0.05, 0) is 55.9 Å². The Hall–Kier alpha value is -1.59. The lowest BCUT2D eigenvalue weighted by Gasteiger charge is -2.23. The summed E-state index contributed by atoms with van der Waals surface area (Å²) in [4.78, 5) is 0.338. The third-order valence-corrected chi connectivity index (χ3v) is 6.06. The fourth-order valence-corrected chi connectivity index (χ4v) is 4.51. The number of nitrogens with zero attached hydrogens (tertiary/aromatic N) is 1. The van der Waals surface area contributed by atoms with Gasteiger partial charge in [-0.15, -0.1) is 0 Å². The summed E-state index contributed by atoms with van der Waals surface area (Å²) >= 11 is 0. The van der Waals surface area contributed by atoms with Crippen LogP contribution in [0.5, 0.6) is 0 Å². The zero-order valence-corrected chi connectivity index (χ0v) is 13.8. The largest absolute Gasteiger partial charge is 0.384 e. The van der Waals surface area contributed by atoms with Gasteiger partial charge in [0.2, 0.25) is 0 Å². The molecule has 1 atom stereocenters. The molecule has 1 aromatic carbocycles. The van der Waals surface area contributed by atoms with E-state index in [0.29, 0.717) is 17.4 Å². The van der Waals surface area contributed by atoms with E-state index in [1.54, 1.807) is 25.4 Å². The van der Waals surface area contributed by atoms with Crippen LogP contribution in [0.3, 0.4) is 0 Å². The molecular formula is C17H21NO3S. The number of fused-ring (bicyclic) bond motifs is 1. The van der Waals surface area contributed by atoms with E-state index in [1.807, 2.05) is 25.1 Å². The Kier molecular flexibility index (Phi) is 4.10. The summed E-state index contributed by atoms with van der Waals surface area (Å²) in [6.45, 7) is 2.62. The minimum atomic E-state index is -3.52. The Morgan fingerprint density at radius 2 is 1.95 bits per heavy atom. The van der Waals surface area contributed by atoms with Crippen LogP contribution in [0.25, 0.3) is 0 Å². The van der Waals surface area contributed by atoms with Crippen molar-refractivity contribution in [3.63, 3.8) is 0 Å². The van der Waals surface area contributed by atoms with E-state index in [2.05, 4.69) is 0 Å². The van der Waals surface area contributed by atoms with Gasteiger partial charge in [0, 0.05) is 25.6 Å². The molecule has 22 heavy (non-hydrogen) atoms. The summed E-state index contributed by atoms with van der Waals surface area (Å²) in [6, 6.07) is 8.94. The lowest BCUT2D eigenvalue weighted by molar-refractivity contribution is 0.144. The van der Waals surface area contributed by atoms with Crippen LogP contribution in [0.2, 0.25) is 0 Å². The third kappa shape index (κ3) is 2.71. The SMILES string of the molecule is COCC1CCc2ccn(S(=O)(=O)c3ccc(C)cc3)c2C1. The Balaban J connectivity index is 1.99. The Labute approximate surface area is 131 Å². The topological polar surface area (TPSA) is 48.3 Å². The molecule has 118 valence electrons. The number of rotatable bonds is 4. The predicted molar refractivity (Wildman–Crippen MR) is 85.6 cm³/mol. The number of benzene rings is 1. The summed E-state index contributed by atoms with van der Waals surface area (Å²) in [5.74, 6) is 0.388. The molecule has 0 bridgehead atoms. The van der Waals surface area contributed by atoms with E-state index >= 15 is 0 Å². The number of ether oxygens (including phenoxy) is 1. The molecule has 5 heteroatoms. The molecule has 3 rings (SSSR count). The maximum absolute atomic E-state index is 12.9. The van der Waals surface area contributed by atoms with Gasteiger partial charge in [0.05, 0.1) is 4.90 Å². The number of aromatic nitrogens is 1. The van der Waals surface area contributed by atoms with Gasteiger partial charge in [-0.1, -0.05) is 17.7 Å². The summed E-state index contributed by atoms with van der Waals surface area (Å²) in [6.07, 6.45) is 4.41. The fraction of sp³-hybridized carbons (Fsp3) is 0.412. The van der Waals surface area contributed by atoms with Crippen molar-refractivity contribution in [2.24, 2.45) is 5.92 Å². The summed E-state index contributed by atoms with van der Waals surface area (Å²) < 4.78 is 32.4. The smallest absolute Gasteiger partial charge is 0.267 e. The van der Waals surface area contributed by atoms with Gasteiger partial charge in [0.25, 0.3) is 10.0 Å². The number of hydrogen-bond acceptors (Lipinski definition) is 3. The molecule has 0 spiro atoms. The van der Waals surface area contributed by atoms with Crippen molar-refractivity contribution >= 4 is 10.0 Å². The van der Waals surface area contributed by atoms with E-state index in [4.69, 9.17) is 4.74 Å². The Bertz CT molecular complexity index is 760. The highest BCUT2D eigenvalue weighted by molar-refractivity contribution is 7.90. The normalized spacial score (nSPS) is 18.2. The van der Waals surface area contributed by atoms with Crippen LogP contribution in [0.4, 0.5) is 0 Å². The second-order valence-electron chi connectivity index (χ2n) is 5.97. The van der Waals surface area contributed by atoms with Crippen molar-refractivity contribution in [3.8, 4) is 0 Å². The molecule has 0 N–H and O–H groups in total. The van der Waals surface area contributed by atoms with Crippen molar-refractivity contribution in [1.82, 2.24) is 3.97 Å². The zero-order valence-electron chi connectivity index (χ0n) is 13.0. The summed E-state index contributed by atoms with van der Waals surface area (Å²) in [5, 5.41) is 0. The number of methoxy groups -OCH3 is 1. The van der Waals surface area contributed by atoms with Gasteiger partial charge < -0.3 is 4.74 Å². The van der Waals surface area contributed by atoms with Crippen molar-refractivity contribution < 1.29 is 13.2 Å². The predicted octanol–water partition coefficient (Wildman–Crippen LogP) is 2.78. The maximum atomic E-state index is 12.9. The van der Waals surface area contributed by atoms with Crippen molar-refractivity contribution in [2.75, 3.05) is 13.7 Å². The molecule has 1 heterocycles.